The number of halogens is 1. The van der Waals surface area contributed by atoms with Crippen LogP contribution in [0.1, 0.15) is 31.2 Å². The molecular weight excluding hydrogens is 241 g/mol. The van der Waals surface area contributed by atoms with Crippen molar-refractivity contribution < 1.29 is 4.39 Å². The van der Waals surface area contributed by atoms with Crippen LogP contribution in [-0.2, 0) is 0 Å². The number of anilines is 1. The molecule has 0 aliphatic heterocycles. The van der Waals surface area contributed by atoms with Gasteiger partial charge in [-0.1, -0.05) is 13.8 Å². The van der Waals surface area contributed by atoms with Crippen molar-refractivity contribution in [1.82, 2.24) is 9.97 Å². The second kappa shape index (κ2) is 5.34. The maximum Gasteiger partial charge on any atom is 0.133 e. The molecule has 0 spiro atoms. The van der Waals surface area contributed by atoms with Gasteiger partial charge in [0.15, 0.2) is 0 Å². The Kier molecular flexibility index (Phi) is 3.79. The molecule has 0 unspecified atom stereocenters. The predicted molar refractivity (Wildman–Crippen MR) is 75.8 cm³/mol. The first-order valence-corrected chi connectivity index (χ1v) is 6.34. The largest absolute Gasteiger partial charge is 0.373 e. The molecule has 4 heteroatoms. The molecule has 3 nitrogen and oxygen atoms in total. The summed E-state index contributed by atoms with van der Waals surface area (Å²) in [5, 5.41) is 3.02. The van der Waals surface area contributed by atoms with Crippen molar-refractivity contribution in [2.75, 3.05) is 12.4 Å². The molecule has 0 saturated carbocycles. The second-order valence-electron chi connectivity index (χ2n) is 4.92. The minimum Gasteiger partial charge on any atom is -0.373 e. The fourth-order valence-electron chi connectivity index (χ4n) is 1.88. The third-order valence-corrected chi connectivity index (χ3v) is 2.85. The SMILES string of the molecule is CNc1cc(-c2cc(C)cc(F)c2)nc(C(C)C)n1. The first-order valence-electron chi connectivity index (χ1n) is 6.34. The zero-order chi connectivity index (χ0) is 14.0. The summed E-state index contributed by atoms with van der Waals surface area (Å²) >= 11 is 0. The van der Waals surface area contributed by atoms with Crippen LogP contribution in [0.4, 0.5) is 10.2 Å². The van der Waals surface area contributed by atoms with Gasteiger partial charge in [0.05, 0.1) is 5.69 Å². The second-order valence-corrected chi connectivity index (χ2v) is 4.92. The monoisotopic (exact) mass is 259 g/mol. The number of aryl methyl sites for hydroxylation is 1. The molecule has 0 amide bonds. The van der Waals surface area contributed by atoms with Gasteiger partial charge in [-0.25, -0.2) is 14.4 Å². The van der Waals surface area contributed by atoms with Crippen LogP contribution in [0.15, 0.2) is 24.3 Å². The standard InChI is InChI=1S/C15H18FN3/c1-9(2)15-18-13(8-14(17-4)19-15)11-5-10(3)6-12(16)7-11/h5-9H,1-4H3,(H,17,18,19). The summed E-state index contributed by atoms with van der Waals surface area (Å²) in [7, 11) is 1.81. The van der Waals surface area contributed by atoms with Crippen LogP contribution in [0, 0.1) is 12.7 Å². The Bertz CT molecular complexity index is 574. The van der Waals surface area contributed by atoms with Gasteiger partial charge in [-0.3, -0.25) is 0 Å². The Morgan fingerprint density at radius 3 is 2.42 bits per heavy atom. The van der Waals surface area contributed by atoms with E-state index in [1.54, 1.807) is 0 Å². The van der Waals surface area contributed by atoms with E-state index in [4.69, 9.17) is 0 Å². The van der Waals surface area contributed by atoms with Crippen molar-refractivity contribution in [1.29, 1.82) is 0 Å². The van der Waals surface area contributed by atoms with Gasteiger partial charge in [-0.2, -0.15) is 0 Å². The molecule has 2 aromatic rings. The van der Waals surface area contributed by atoms with Crippen molar-refractivity contribution in [3.8, 4) is 11.3 Å². The molecule has 0 aliphatic rings. The van der Waals surface area contributed by atoms with Gasteiger partial charge in [-0.15, -0.1) is 0 Å². The van der Waals surface area contributed by atoms with Crippen molar-refractivity contribution in [2.24, 2.45) is 0 Å². The summed E-state index contributed by atoms with van der Waals surface area (Å²) < 4.78 is 13.5. The molecule has 0 aliphatic carbocycles. The third kappa shape index (κ3) is 3.08. The lowest BCUT2D eigenvalue weighted by Gasteiger charge is -2.10. The Hall–Kier alpha value is -1.97. The van der Waals surface area contributed by atoms with Crippen molar-refractivity contribution in [2.45, 2.75) is 26.7 Å². The maximum absolute atomic E-state index is 13.5. The topological polar surface area (TPSA) is 37.8 Å². The van der Waals surface area contributed by atoms with E-state index in [1.807, 2.05) is 40.0 Å². The van der Waals surface area contributed by atoms with Gasteiger partial charge in [-0.05, 0) is 30.7 Å². The van der Waals surface area contributed by atoms with Gasteiger partial charge in [0, 0.05) is 24.6 Å². The number of hydrogen-bond acceptors (Lipinski definition) is 3. The quantitative estimate of drug-likeness (QED) is 0.912. The highest BCUT2D eigenvalue weighted by Crippen LogP contribution is 2.24. The van der Waals surface area contributed by atoms with E-state index in [-0.39, 0.29) is 11.7 Å². The Labute approximate surface area is 112 Å². The summed E-state index contributed by atoms with van der Waals surface area (Å²) in [5.41, 5.74) is 2.40. The van der Waals surface area contributed by atoms with Crippen molar-refractivity contribution in [3.63, 3.8) is 0 Å². The molecule has 0 fully saturated rings. The van der Waals surface area contributed by atoms with Crippen LogP contribution in [0.2, 0.25) is 0 Å². The minimum absolute atomic E-state index is 0.224. The van der Waals surface area contributed by atoms with Crippen LogP contribution in [0.5, 0.6) is 0 Å². The molecule has 0 radical (unpaired) electrons. The molecule has 1 heterocycles. The highest BCUT2D eigenvalue weighted by Gasteiger charge is 2.10. The first-order chi connectivity index (χ1) is 8.99. The summed E-state index contributed by atoms with van der Waals surface area (Å²) in [6, 6.07) is 6.76. The zero-order valence-corrected chi connectivity index (χ0v) is 11.7. The average Bonchev–Trinajstić information content (AvgIpc) is 2.37. The number of aromatic nitrogens is 2. The predicted octanol–water partition coefficient (Wildman–Crippen LogP) is 3.76. The molecule has 1 N–H and O–H groups in total. The fraction of sp³-hybridized carbons (Fsp3) is 0.333. The van der Waals surface area contributed by atoms with E-state index < -0.39 is 0 Å². The molecule has 1 aromatic heterocycles. The van der Waals surface area contributed by atoms with Crippen LogP contribution in [0.25, 0.3) is 11.3 Å². The summed E-state index contributed by atoms with van der Waals surface area (Å²) in [5.74, 6) is 1.48. The highest BCUT2D eigenvalue weighted by atomic mass is 19.1. The molecule has 0 saturated heterocycles. The van der Waals surface area contributed by atoms with Crippen LogP contribution in [-0.4, -0.2) is 17.0 Å². The van der Waals surface area contributed by atoms with Crippen LogP contribution >= 0.6 is 0 Å². The summed E-state index contributed by atoms with van der Waals surface area (Å²) in [6.45, 7) is 5.95. The molecule has 100 valence electrons. The summed E-state index contributed by atoms with van der Waals surface area (Å²) in [6.07, 6.45) is 0. The number of hydrogen-bond donors (Lipinski definition) is 1. The van der Waals surface area contributed by atoms with Crippen LogP contribution < -0.4 is 5.32 Å². The van der Waals surface area contributed by atoms with Gasteiger partial charge in [0.1, 0.15) is 17.5 Å². The van der Waals surface area contributed by atoms with E-state index in [0.29, 0.717) is 0 Å². The van der Waals surface area contributed by atoms with E-state index in [2.05, 4.69) is 15.3 Å². The van der Waals surface area contributed by atoms with Gasteiger partial charge in [0.25, 0.3) is 0 Å². The first kappa shape index (κ1) is 13.5. The maximum atomic E-state index is 13.5. The van der Waals surface area contributed by atoms with Gasteiger partial charge >= 0.3 is 0 Å². The fourth-order valence-corrected chi connectivity index (χ4v) is 1.88. The van der Waals surface area contributed by atoms with Crippen LogP contribution in [0.3, 0.4) is 0 Å². The molecule has 19 heavy (non-hydrogen) atoms. The lowest BCUT2D eigenvalue weighted by molar-refractivity contribution is 0.627. The van der Waals surface area contributed by atoms with E-state index >= 15 is 0 Å². The normalized spacial score (nSPS) is 10.8. The van der Waals surface area contributed by atoms with Crippen molar-refractivity contribution in [3.05, 3.63) is 41.5 Å². The van der Waals surface area contributed by atoms with E-state index in [0.717, 1.165) is 28.5 Å². The van der Waals surface area contributed by atoms with Crippen molar-refractivity contribution >= 4 is 5.82 Å². The Morgan fingerprint density at radius 1 is 1.11 bits per heavy atom. The number of nitrogens with one attached hydrogen (secondary N) is 1. The Balaban J connectivity index is 2.57. The molecule has 2 rings (SSSR count). The van der Waals surface area contributed by atoms with E-state index in [9.17, 15) is 4.39 Å². The number of rotatable bonds is 3. The van der Waals surface area contributed by atoms with E-state index in [1.165, 1.54) is 12.1 Å². The smallest absolute Gasteiger partial charge is 0.133 e. The highest BCUT2D eigenvalue weighted by molar-refractivity contribution is 5.63. The summed E-state index contributed by atoms with van der Waals surface area (Å²) in [4.78, 5) is 8.92. The molecule has 0 atom stereocenters. The third-order valence-electron chi connectivity index (χ3n) is 2.85. The molecular formula is C15H18FN3. The number of nitrogens with zero attached hydrogens (tertiary/aromatic N) is 2. The Morgan fingerprint density at radius 2 is 1.84 bits per heavy atom. The van der Waals surface area contributed by atoms with Gasteiger partial charge < -0.3 is 5.32 Å². The number of benzene rings is 1. The minimum atomic E-state index is -0.245. The lowest BCUT2D eigenvalue weighted by atomic mass is 10.1. The average molecular weight is 259 g/mol. The lowest BCUT2D eigenvalue weighted by Crippen LogP contribution is -2.03. The molecule has 1 aromatic carbocycles. The van der Waals surface area contributed by atoms with Gasteiger partial charge in [0.2, 0.25) is 0 Å². The zero-order valence-electron chi connectivity index (χ0n) is 11.7. The molecule has 0 bridgehead atoms.